The third-order valence-electron chi connectivity index (χ3n) is 6.93. The van der Waals surface area contributed by atoms with Crippen molar-refractivity contribution in [3.63, 3.8) is 0 Å². The summed E-state index contributed by atoms with van der Waals surface area (Å²) in [4.78, 5) is 28.8. The van der Waals surface area contributed by atoms with Crippen LogP contribution in [0.2, 0.25) is 0 Å². The second-order valence-electron chi connectivity index (χ2n) is 10.2. The zero-order chi connectivity index (χ0) is 30.2. The van der Waals surface area contributed by atoms with Gasteiger partial charge in [0.15, 0.2) is 0 Å². The molecule has 0 saturated carbocycles. The maximum atomic E-state index is 14.1. The minimum absolute atomic E-state index is 0.0509. The van der Waals surface area contributed by atoms with Gasteiger partial charge in [0.25, 0.3) is 10.0 Å². The van der Waals surface area contributed by atoms with Crippen molar-refractivity contribution in [2.45, 2.75) is 71.5 Å². The topological polar surface area (TPSA) is 96.0 Å². The number of hydrogen-bond acceptors (Lipinski definition) is 5. The van der Waals surface area contributed by atoms with Gasteiger partial charge < -0.3 is 15.0 Å². The predicted molar refractivity (Wildman–Crippen MR) is 162 cm³/mol. The van der Waals surface area contributed by atoms with E-state index in [1.165, 1.54) is 17.0 Å². The molecule has 9 heteroatoms. The molecule has 3 aromatic carbocycles. The first-order valence-corrected chi connectivity index (χ1v) is 15.4. The van der Waals surface area contributed by atoms with Crippen LogP contribution in [0.3, 0.4) is 0 Å². The van der Waals surface area contributed by atoms with Crippen molar-refractivity contribution >= 4 is 27.5 Å². The molecule has 1 N–H and O–H groups in total. The molecule has 0 aliphatic rings. The van der Waals surface area contributed by atoms with Crippen LogP contribution in [0.25, 0.3) is 0 Å². The number of nitrogens with one attached hydrogen (secondary N) is 1. The summed E-state index contributed by atoms with van der Waals surface area (Å²) in [6.45, 7) is 11.1. The molecule has 0 radical (unpaired) electrons. The number of carbonyl (C=O) groups is 2. The highest BCUT2D eigenvalue weighted by molar-refractivity contribution is 7.92. The molecular weight excluding hydrogens is 538 g/mol. The molecule has 2 amide bonds. The molecule has 3 aromatic rings. The van der Waals surface area contributed by atoms with E-state index in [1.807, 2.05) is 58.9 Å². The number of benzene rings is 3. The Kier molecular flexibility index (Phi) is 10.9. The van der Waals surface area contributed by atoms with Gasteiger partial charge in [0.05, 0.1) is 17.2 Å². The van der Waals surface area contributed by atoms with Crippen molar-refractivity contribution in [3.8, 4) is 5.75 Å². The Morgan fingerprint density at radius 1 is 0.902 bits per heavy atom. The summed E-state index contributed by atoms with van der Waals surface area (Å²) in [6, 6.07) is 20.0. The van der Waals surface area contributed by atoms with Gasteiger partial charge in [-0.2, -0.15) is 0 Å². The fourth-order valence-electron chi connectivity index (χ4n) is 4.35. The van der Waals surface area contributed by atoms with Crippen LogP contribution in [0, 0.1) is 13.8 Å². The molecule has 0 aliphatic heterocycles. The van der Waals surface area contributed by atoms with Crippen LogP contribution in [-0.4, -0.2) is 50.4 Å². The maximum absolute atomic E-state index is 14.1. The maximum Gasteiger partial charge on any atom is 0.264 e. The van der Waals surface area contributed by atoms with Crippen LogP contribution in [0.4, 0.5) is 5.69 Å². The van der Waals surface area contributed by atoms with Crippen molar-refractivity contribution in [1.82, 2.24) is 10.2 Å². The Morgan fingerprint density at radius 2 is 1.59 bits per heavy atom. The number of aryl methyl sites for hydroxylation is 2. The van der Waals surface area contributed by atoms with Gasteiger partial charge in [0, 0.05) is 12.6 Å². The van der Waals surface area contributed by atoms with Gasteiger partial charge in [0.2, 0.25) is 11.8 Å². The first-order valence-electron chi connectivity index (χ1n) is 13.9. The van der Waals surface area contributed by atoms with Crippen LogP contribution >= 0.6 is 0 Å². The molecule has 0 heterocycles. The SMILES string of the molecule is CCOc1ccccc1N(CC(=O)N(Cc1cccc(C)c1)C(C)C(=O)NC(C)CC)S(=O)(=O)c1ccc(C)cc1. The molecule has 0 spiro atoms. The highest BCUT2D eigenvalue weighted by Crippen LogP contribution is 2.33. The zero-order valence-corrected chi connectivity index (χ0v) is 25.6. The van der Waals surface area contributed by atoms with E-state index in [4.69, 9.17) is 4.74 Å². The summed E-state index contributed by atoms with van der Waals surface area (Å²) in [5.74, 6) is -0.477. The second kappa shape index (κ2) is 14.2. The number of amides is 2. The molecule has 2 atom stereocenters. The van der Waals surface area contributed by atoms with E-state index < -0.39 is 28.5 Å². The Morgan fingerprint density at radius 3 is 2.22 bits per heavy atom. The first kappa shape index (κ1) is 31.7. The van der Waals surface area contributed by atoms with Crippen LogP contribution in [-0.2, 0) is 26.2 Å². The lowest BCUT2D eigenvalue weighted by Crippen LogP contribution is -2.52. The molecule has 0 aliphatic carbocycles. The van der Waals surface area contributed by atoms with Crippen LogP contribution in [0.15, 0.2) is 77.7 Å². The van der Waals surface area contributed by atoms with E-state index in [9.17, 15) is 18.0 Å². The predicted octanol–water partition coefficient (Wildman–Crippen LogP) is 5.23. The molecule has 8 nitrogen and oxygen atoms in total. The fourth-order valence-corrected chi connectivity index (χ4v) is 5.77. The first-order chi connectivity index (χ1) is 19.5. The molecule has 41 heavy (non-hydrogen) atoms. The summed E-state index contributed by atoms with van der Waals surface area (Å²) in [5.41, 5.74) is 3.01. The normalized spacial score (nSPS) is 12.7. The van der Waals surface area contributed by atoms with Crippen LogP contribution < -0.4 is 14.4 Å². The summed E-state index contributed by atoms with van der Waals surface area (Å²) in [6.07, 6.45) is 0.737. The highest BCUT2D eigenvalue weighted by Gasteiger charge is 2.34. The summed E-state index contributed by atoms with van der Waals surface area (Å²) in [5, 5.41) is 2.95. The summed E-state index contributed by atoms with van der Waals surface area (Å²) < 4.78 is 35.0. The van der Waals surface area contributed by atoms with E-state index in [1.54, 1.807) is 43.3 Å². The molecule has 0 fully saturated rings. The van der Waals surface area contributed by atoms with Crippen molar-refractivity contribution in [3.05, 3.63) is 89.5 Å². The van der Waals surface area contributed by atoms with Gasteiger partial charge in [-0.05, 0) is 70.9 Å². The quantitative estimate of drug-likeness (QED) is 0.299. The number of nitrogens with zero attached hydrogens (tertiary/aromatic N) is 2. The number of carbonyl (C=O) groups excluding carboxylic acids is 2. The van der Waals surface area contributed by atoms with E-state index >= 15 is 0 Å². The van der Waals surface area contributed by atoms with Crippen LogP contribution in [0.5, 0.6) is 5.75 Å². The number of anilines is 1. The highest BCUT2D eigenvalue weighted by atomic mass is 32.2. The Balaban J connectivity index is 2.08. The third-order valence-corrected chi connectivity index (χ3v) is 8.70. The van der Waals surface area contributed by atoms with Gasteiger partial charge in [-0.1, -0.05) is 66.6 Å². The summed E-state index contributed by atoms with van der Waals surface area (Å²) in [7, 11) is -4.18. The molecule has 0 saturated heterocycles. The van der Waals surface area contributed by atoms with E-state index in [-0.39, 0.29) is 29.1 Å². The van der Waals surface area contributed by atoms with Gasteiger partial charge in [0.1, 0.15) is 18.3 Å². The molecule has 2 unspecified atom stereocenters. The summed E-state index contributed by atoms with van der Waals surface area (Å²) >= 11 is 0. The fraction of sp³-hybridized carbons (Fsp3) is 0.375. The van der Waals surface area contributed by atoms with Crippen LogP contribution in [0.1, 0.15) is 50.8 Å². The minimum atomic E-state index is -4.18. The van der Waals surface area contributed by atoms with Gasteiger partial charge >= 0.3 is 0 Å². The molecule has 3 rings (SSSR count). The lowest BCUT2D eigenvalue weighted by atomic mass is 10.1. The number of sulfonamides is 1. The molecule has 0 aromatic heterocycles. The largest absolute Gasteiger partial charge is 0.492 e. The third kappa shape index (κ3) is 8.10. The van der Waals surface area contributed by atoms with Crippen molar-refractivity contribution in [2.75, 3.05) is 17.5 Å². The van der Waals surface area contributed by atoms with E-state index in [0.717, 1.165) is 27.4 Å². The Hall–Kier alpha value is -3.85. The minimum Gasteiger partial charge on any atom is -0.492 e. The zero-order valence-electron chi connectivity index (χ0n) is 24.8. The lowest BCUT2D eigenvalue weighted by molar-refractivity contribution is -0.139. The standard InChI is InChI=1S/C32H41N3O5S/c1-7-25(5)33-32(37)26(6)34(21-27-13-11-12-24(4)20-27)31(36)22-35(29-14-9-10-15-30(29)40-8-2)41(38,39)28-18-16-23(3)17-19-28/h9-20,25-26H,7-8,21-22H2,1-6H3,(H,33,37). The van der Waals surface area contributed by atoms with Crippen molar-refractivity contribution in [1.29, 1.82) is 0 Å². The van der Waals surface area contributed by atoms with Crippen molar-refractivity contribution in [2.24, 2.45) is 0 Å². The lowest BCUT2D eigenvalue weighted by Gasteiger charge is -2.33. The average Bonchev–Trinajstić information content (AvgIpc) is 2.95. The Labute approximate surface area is 244 Å². The van der Waals surface area contributed by atoms with Gasteiger partial charge in [-0.15, -0.1) is 0 Å². The van der Waals surface area contributed by atoms with Gasteiger partial charge in [-0.3, -0.25) is 13.9 Å². The monoisotopic (exact) mass is 579 g/mol. The number of rotatable bonds is 13. The smallest absolute Gasteiger partial charge is 0.264 e. The Bertz CT molecular complexity index is 1440. The van der Waals surface area contributed by atoms with E-state index in [2.05, 4.69) is 5.32 Å². The molecular formula is C32H41N3O5S. The molecule has 0 bridgehead atoms. The number of hydrogen-bond donors (Lipinski definition) is 1. The van der Waals surface area contributed by atoms with Gasteiger partial charge in [-0.25, -0.2) is 8.42 Å². The second-order valence-corrected chi connectivity index (χ2v) is 12.1. The number of ether oxygens (including phenoxy) is 1. The molecule has 220 valence electrons. The average molecular weight is 580 g/mol. The number of para-hydroxylation sites is 2. The van der Waals surface area contributed by atoms with Crippen molar-refractivity contribution < 1.29 is 22.7 Å². The van der Waals surface area contributed by atoms with E-state index in [0.29, 0.717) is 12.4 Å².